The van der Waals surface area contributed by atoms with E-state index in [2.05, 4.69) is 55.9 Å². The van der Waals surface area contributed by atoms with Gasteiger partial charge in [0, 0.05) is 12.5 Å². The largest absolute Gasteiger partial charge is 0.331 e. The average molecular weight is 245 g/mol. The summed E-state index contributed by atoms with van der Waals surface area (Å²) in [7, 11) is 4.10. The normalized spacial score (nSPS) is 12.3. The Morgan fingerprint density at radius 1 is 1.28 bits per heavy atom. The molecule has 1 heterocycles. The van der Waals surface area contributed by atoms with Gasteiger partial charge >= 0.3 is 0 Å². The lowest BCUT2D eigenvalue weighted by Gasteiger charge is -2.17. The highest BCUT2D eigenvalue weighted by Gasteiger charge is 2.21. The monoisotopic (exact) mass is 245 g/mol. The fraction of sp³-hybridized carbons (Fsp3) is 0.533. The molecule has 98 valence electrons. The van der Waals surface area contributed by atoms with Gasteiger partial charge in [0.05, 0.1) is 11.0 Å². The molecule has 0 saturated heterocycles. The van der Waals surface area contributed by atoms with E-state index >= 15 is 0 Å². The number of nitrogens with one attached hydrogen (secondary N) is 1. The summed E-state index contributed by atoms with van der Waals surface area (Å²) in [6.07, 6.45) is 1.06. The summed E-state index contributed by atoms with van der Waals surface area (Å²) < 4.78 is 2.22. The Balaban J connectivity index is 2.47. The third kappa shape index (κ3) is 2.41. The molecule has 0 saturated carbocycles. The van der Waals surface area contributed by atoms with Gasteiger partial charge < -0.3 is 9.88 Å². The predicted molar refractivity (Wildman–Crippen MR) is 77.0 cm³/mol. The number of rotatable bonds is 3. The molecule has 0 aliphatic heterocycles. The Labute approximate surface area is 109 Å². The van der Waals surface area contributed by atoms with E-state index < -0.39 is 0 Å². The van der Waals surface area contributed by atoms with Crippen LogP contribution in [0.3, 0.4) is 0 Å². The van der Waals surface area contributed by atoms with Gasteiger partial charge in [-0.1, -0.05) is 26.8 Å². The third-order valence-corrected chi connectivity index (χ3v) is 3.28. The zero-order valence-electron chi connectivity index (χ0n) is 12.0. The summed E-state index contributed by atoms with van der Waals surface area (Å²) in [4.78, 5) is 4.75. The molecule has 1 aromatic heterocycles. The second kappa shape index (κ2) is 4.73. The van der Waals surface area contributed by atoms with Crippen molar-refractivity contribution in [3.05, 3.63) is 29.6 Å². The first-order valence-electron chi connectivity index (χ1n) is 6.54. The molecule has 3 heteroatoms. The number of hydrogen-bond acceptors (Lipinski definition) is 2. The van der Waals surface area contributed by atoms with Crippen molar-refractivity contribution in [1.82, 2.24) is 14.9 Å². The smallest absolute Gasteiger partial charge is 0.115 e. The summed E-state index contributed by atoms with van der Waals surface area (Å²) in [6, 6.07) is 6.57. The molecule has 0 radical (unpaired) electrons. The lowest BCUT2D eigenvalue weighted by Crippen LogP contribution is -2.17. The van der Waals surface area contributed by atoms with Gasteiger partial charge in [0.1, 0.15) is 5.82 Å². The zero-order valence-corrected chi connectivity index (χ0v) is 12.0. The summed E-state index contributed by atoms with van der Waals surface area (Å²) >= 11 is 0. The van der Waals surface area contributed by atoms with Crippen LogP contribution < -0.4 is 5.32 Å². The van der Waals surface area contributed by atoms with Crippen LogP contribution >= 0.6 is 0 Å². The number of hydrogen-bond donors (Lipinski definition) is 1. The zero-order chi connectivity index (χ0) is 13.3. The Kier molecular flexibility index (Phi) is 3.44. The minimum Gasteiger partial charge on any atom is -0.331 e. The average Bonchev–Trinajstić information content (AvgIpc) is 2.64. The maximum Gasteiger partial charge on any atom is 0.115 e. The number of nitrogens with zero attached hydrogens (tertiary/aromatic N) is 2. The van der Waals surface area contributed by atoms with Gasteiger partial charge in [-0.2, -0.15) is 0 Å². The molecule has 0 atom stereocenters. The molecule has 2 rings (SSSR count). The number of aryl methyl sites for hydroxylation is 1. The van der Waals surface area contributed by atoms with Crippen LogP contribution in [0.25, 0.3) is 11.0 Å². The van der Waals surface area contributed by atoms with Crippen molar-refractivity contribution < 1.29 is 0 Å². The molecule has 0 bridgehead atoms. The molecule has 0 amide bonds. The van der Waals surface area contributed by atoms with Crippen molar-refractivity contribution in [1.29, 1.82) is 0 Å². The predicted octanol–water partition coefficient (Wildman–Crippen LogP) is 2.63. The highest BCUT2D eigenvalue weighted by Crippen LogP contribution is 2.25. The van der Waals surface area contributed by atoms with E-state index in [1.54, 1.807) is 0 Å². The molecule has 1 aromatic carbocycles. The van der Waals surface area contributed by atoms with Crippen molar-refractivity contribution in [2.75, 3.05) is 13.6 Å². The highest BCUT2D eigenvalue weighted by atomic mass is 15.1. The van der Waals surface area contributed by atoms with E-state index in [4.69, 9.17) is 4.98 Å². The molecule has 0 aliphatic carbocycles. The molecular formula is C15H23N3. The van der Waals surface area contributed by atoms with Gasteiger partial charge in [-0.15, -0.1) is 0 Å². The third-order valence-electron chi connectivity index (χ3n) is 3.28. The first kappa shape index (κ1) is 13.1. The number of imidazole rings is 1. The van der Waals surface area contributed by atoms with Crippen LogP contribution in [0.5, 0.6) is 0 Å². The van der Waals surface area contributed by atoms with Crippen LogP contribution in [0.2, 0.25) is 0 Å². The molecule has 3 nitrogen and oxygen atoms in total. The van der Waals surface area contributed by atoms with Crippen molar-refractivity contribution in [3.8, 4) is 0 Å². The lowest BCUT2D eigenvalue weighted by molar-refractivity contribution is 0.526. The van der Waals surface area contributed by atoms with Crippen molar-refractivity contribution in [2.24, 2.45) is 7.05 Å². The van der Waals surface area contributed by atoms with E-state index in [0.717, 1.165) is 24.3 Å². The fourth-order valence-corrected chi connectivity index (χ4v) is 2.33. The van der Waals surface area contributed by atoms with Gasteiger partial charge in [0.2, 0.25) is 0 Å². The van der Waals surface area contributed by atoms with Crippen molar-refractivity contribution in [3.63, 3.8) is 0 Å². The first-order chi connectivity index (χ1) is 8.43. The standard InChI is InChI=1S/C15H23N3/c1-15(2,3)14-17-12-7-6-11(8-9-16-4)10-13(12)18(14)5/h6-7,10,16H,8-9H2,1-5H3. The van der Waals surface area contributed by atoms with Gasteiger partial charge in [-0.05, 0) is 37.7 Å². The molecule has 0 spiro atoms. The number of fused-ring (bicyclic) bond motifs is 1. The second-order valence-electron chi connectivity index (χ2n) is 5.92. The van der Waals surface area contributed by atoms with E-state index in [9.17, 15) is 0 Å². The summed E-state index contributed by atoms with van der Waals surface area (Å²) in [5.41, 5.74) is 3.77. The summed E-state index contributed by atoms with van der Waals surface area (Å²) in [5.74, 6) is 1.14. The van der Waals surface area contributed by atoms with Gasteiger partial charge in [0.15, 0.2) is 0 Å². The van der Waals surface area contributed by atoms with E-state index in [0.29, 0.717) is 0 Å². The van der Waals surface area contributed by atoms with Crippen LogP contribution in [0.15, 0.2) is 18.2 Å². The Bertz CT molecular complexity index is 547. The highest BCUT2D eigenvalue weighted by molar-refractivity contribution is 5.77. The maximum atomic E-state index is 4.75. The van der Waals surface area contributed by atoms with E-state index in [-0.39, 0.29) is 5.41 Å². The lowest BCUT2D eigenvalue weighted by atomic mass is 9.96. The minimum absolute atomic E-state index is 0.0822. The van der Waals surface area contributed by atoms with E-state index in [1.807, 2.05) is 7.05 Å². The van der Waals surface area contributed by atoms with Crippen LogP contribution in [0, 0.1) is 0 Å². The quantitative estimate of drug-likeness (QED) is 0.901. The molecule has 0 fully saturated rings. The van der Waals surface area contributed by atoms with Gasteiger partial charge in [0.25, 0.3) is 0 Å². The maximum absolute atomic E-state index is 4.75. The van der Waals surface area contributed by atoms with Crippen LogP contribution in [0.1, 0.15) is 32.2 Å². The Hall–Kier alpha value is -1.35. The van der Waals surface area contributed by atoms with Crippen molar-refractivity contribution >= 4 is 11.0 Å². The second-order valence-corrected chi connectivity index (χ2v) is 5.92. The first-order valence-corrected chi connectivity index (χ1v) is 6.54. The fourth-order valence-electron chi connectivity index (χ4n) is 2.33. The van der Waals surface area contributed by atoms with Gasteiger partial charge in [-0.3, -0.25) is 0 Å². The molecule has 1 N–H and O–H groups in total. The summed E-state index contributed by atoms with van der Waals surface area (Å²) in [5, 5.41) is 3.19. The molecule has 0 aliphatic rings. The van der Waals surface area contributed by atoms with Crippen molar-refractivity contribution in [2.45, 2.75) is 32.6 Å². The topological polar surface area (TPSA) is 29.9 Å². The minimum atomic E-state index is 0.0822. The van der Waals surface area contributed by atoms with Crippen LogP contribution in [0.4, 0.5) is 0 Å². The number of aromatic nitrogens is 2. The number of benzene rings is 1. The Morgan fingerprint density at radius 3 is 2.61 bits per heavy atom. The number of likely N-dealkylation sites (N-methyl/N-ethyl adjacent to an activating group) is 1. The SMILES string of the molecule is CNCCc1ccc2nc(C(C)(C)C)n(C)c2c1. The molecule has 2 aromatic rings. The van der Waals surface area contributed by atoms with Crippen LogP contribution in [-0.4, -0.2) is 23.1 Å². The van der Waals surface area contributed by atoms with Gasteiger partial charge in [-0.25, -0.2) is 4.98 Å². The molecular weight excluding hydrogens is 222 g/mol. The van der Waals surface area contributed by atoms with Crippen LogP contribution in [-0.2, 0) is 18.9 Å². The molecule has 18 heavy (non-hydrogen) atoms. The van der Waals surface area contributed by atoms with E-state index in [1.165, 1.54) is 11.1 Å². The Morgan fingerprint density at radius 2 is 2.00 bits per heavy atom. The summed E-state index contributed by atoms with van der Waals surface area (Å²) in [6.45, 7) is 7.62. The molecule has 0 unspecified atom stereocenters.